The first-order valence-electron chi connectivity index (χ1n) is 9.53. The first kappa shape index (κ1) is 17.9. The Morgan fingerprint density at radius 3 is 2.79 bits per heavy atom. The molecule has 5 heterocycles. The Balaban J connectivity index is 1.50. The largest absolute Gasteiger partial charge is 0.467 e. The molecule has 0 amide bonds. The van der Waals surface area contributed by atoms with Crippen LogP contribution < -0.4 is 10.1 Å². The van der Waals surface area contributed by atoms with Crippen LogP contribution in [0.15, 0.2) is 18.5 Å². The van der Waals surface area contributed by atoms with Crippen LogP contribution in [-0.4, -0.2) is 56.8 Å². The lowest BCUT2D eigenvalue weighted by Gasteiger charge is -2.25. The molecule has 3 aromatic heterocycles. The summed E-state index contributed by atoms with van der Waals surface area (Å²) >= 11 is 0. The molecule has 0 aromatic carbocycles. The van der Waals surface area contributed by atoms with Gasteiger partial charge in [0, 0.05) is 24.5 Å². The maximum absolute atomic E-state index is 9.61. The van der Waals surface area contributed by atoms with Crippen molar-refractivity contribution in [3.63, 3.8) is 0 Å². The smallest absolute Gasteiger partial charge is 0.257 e. The lowest BCUT2D eigenvalue weighted by molar-refractivity contribution is -0.0812. The highest BCUT2D eigenvalue weighted by Gasteiger charge is 2.30. The van der Waals surface area contributed by atoms with E-state index in [-0.39, 0.29) is 12.1 Å². The van der Waals surface area contributed by atoms with Crippen LogP contribution in [0, 0.1) is 17.2 Å². The second-order valence-electron chi connectivity index (χ2n) is 7.49. The number of nitriles is 1. The Kier molecular flexibility index (Phi) is 4.34. The summed E-state index contributed by atoms with van der Waals surface area (Å²) < 4.78 is 20.3. The Hall–Kier alpha value is -3.16. The summed E-state index contributed by atoms with van der Waals surface area (Å²) in [6.45, 7) is 4.48. The minimum absolute atomic E-state index is 0.00752. The number of aromatic nitrogens is 5. The van der Waals surface area contributed by atoms with E-state index < -0.39 is 0 Å². The molecule has 29 heavy (non-hydrogen) atoms. The second-order valence-corrected chi connectivity index (χ2v) is 7.49. The lowest BCUT2D eigenvalue weighted by atomic mass is 10.1. The van der Waals surface area contributed by atoms with Gasteiger partial charge >= 0.3 is 0 Å². The van der Waals surface area contributed by atoms with Gasteiger partial charge in [0.1, 0.15) is 29.2 Å². The Morgan fingerprint density at radius 1 is 1.28 bits per heavy atom. The topological polar surface area (TPSA) is 112 Å². The van der Waals surface area contributed by atoms with Gasteiger partial charge < -0.3 is 24.1 Å². The predicted molar refractivity (Wildman–Crippen MR) is 103 cm³/mol. The van der Waals surface area contributed by atoms with Crippen molar-refractivity contribution in [1.82, 2.24) is 24.3 Å². The number of anilines is 2. The van der Waals surface area contributed by atoms with Gasteiger partial charge in [-0.3, -0.25) is 4.68 Å². The standard InChI is InChI=1S/C19H21N7O3/c1-11-7-27-10-16(11)26-13(4-20)3-12-5-21-19(23-17(12)26)22-15-6-25(2)24-18(15)29-14-8-28-9-14/h3,5-6,11,14,16H,7-10H2,1-2H3,(H,21,22,23)/t11-,16?/m1/s1. The number of ether oxygens (including phenoxy) is 3. The van der Waals surface area contributed by atoms with Crippen molar-refractivity contribution in [3.8, 4) is 11.9 Å². The van der Waals surface area contributed by atoms with Gasteiger partial charge in [-0.15, -0.1) is 5.10 Å². The third-order valence-electron chi connectivity index (χ3n) is 5.28. The van der Waals surface area contributed by atoms with Crippen LogP contribution in [0.5, 0.6) is 5.88 Å². The van der Waals surface area contributed by atoms with Crippen molar-refractivity contribution < 1.29 is 14.2 Å². The monoisotopic (exact) mass is 395 g/mol. The number of hydrogen-bond donors (Lipinski definition) is 1. The lowest BCUT2D eigenvalue weighted by Crippen LogP contribution is -2.38. The van der Waals surface area contributed by atoms with Crippen LogP contribution in [0.2, 0.25) is 0 Å². The summed E-state index contributed by atoms with van der Waals surface area (Å²) in [6, 6.07) is 4.16. The number of rotatable bonds is 5. The Labute approximate surface area is 167 Å². The van der Waals surface area contributed by atoms with Gasteiger partial charge in [-0.25, -0.2) is 4.98 Å². The van der Waals surface area contributed by atoms with E-state index in [0.29, 0.717) is 61.2 Å². The van der Waals surface area contributed by atoms with E-state index in [0.717, 1.165) is 5.39 Å². The van der Waals surface area contributed by atoms with Crippen molar-refractivity contribution in [1.29, 1.82) is 5.26 Å². The highest BCUT2D eigenvalue weighted by atomic mass is 16.6. The predicted octanol–water partition coefficient (Wildman–Crippen LogP) is 1.77. The van der Waals surface area contributed by atoms with Gasteiger partial charge in [-0.1, -0.05) is 6.92 Å². The Bertz CT molecular complexity index is 1100. The molecule has 2 aliphatic rings. The fraction of sp³-hybridized carbons (Fsp3) is 0.474. The van der Waals surface area contributed by atoms with E-state index >= 15 is 0 Å². The average molecular weight is 395 g/mol. The van der Waals surface area contributed by atoms with Crippen molar-refractivity contribution in [2.75, 3.05) is 31.7 Å². The normalized spacial score (nSPS) is 21.8. The van der Waals surface area contributed by atoms with Gasteiger partial charge in [-0.2, -0.15) is 10.2 Å². The molecule has 0 spiro atoms. The van der Waals surface area contributed by atoms with Gasteiger partial charge in [0.05, 0.1) is 38.7 Å². The molecule has 0 bridgehead atoms. The average Bonchev–Trinajstić information content (AvgIpc) is 3.34. The highest BCUT2D eigenvalue weighted by Crippen LogP contribution is 2.32. The molecule has 5 rings (SSSR count). The first-order valence-corrected chi connectivity index (χ1v) is 9.53. The molecule has 150 valence electrons. The number of hydrogen-bond acceptors (Lipinski definition) is 8. The van der Waals surface area contributed by atoms with Gasteiger partial charge in [-0.05, 0) is 6.07 Å². The molecule has 1 N–H and O–H groups in total. The van der Waals surface area contributed by atoms with E-state index in [4.69, 9.17) is 19.2 Å². The maximum atomic E-state index is 9.61. The van der Waals surface area contributed by atoms with Gasteiger partial charge in [0.25, 0.3) is 5.88 Å². The zero-order valence-corrected chi connectivity index (χ0v) is 16.2. The molecule has 2 atom stereocenters. The molecular weight excluding hydrogens is 374 g/mol. The van der Waals surface area contributed by atoms with Crippen LogP contribution in [0.4, 0.5) is 11.6 Å². The fourth-order valence-electron chi connectivity index (χ4n) is 3.67. The SMILES string of the molecule is C[C@@H]1COCC1n1c(C#N)cc2cnc(Nc3cn(C)nc3OC3COC3)nc21. The third-order valence-corrected chi connectivity index (χ3v) is 5.28. The molecule has 0 saturated carbocycles. The van der Waals surface area contributed by atoms with E-state index in [9.17, 15) is 5.26 Å². The molecule has 10 heteroatoms. The Morgan fingerprint density at radius 2 is 2.10 bits per heavy atom. The summed E-state index contributed by atoms with van der Waals surface area (Å²) in [5.74, 6) is 1.19. The number of nitrogens with zero attached hydrogens (tertiary/aromatic N) is 6. The van der Waals surface area contributed by atoms with Gasteiger partial charge in [0.15, 0.2) is 0 Å². The van der Waals surface area contributed by atoms with Crippen LogP contribution in [0.3, 0.4) is 0 Å². The molecule has 1 unspecified atom stereocenters. The van der Waals surface area contributed by atoms with Crippen LogP contribution >= 0.6 is 0 Å². The van der Waals surface area contributed by atoms with Crippen molar-refractivity contribution in [2.24, 2.45) is 13.0 Å². The number of fused-ring (bicyclic) bond motifs is 1. The van der Waals surface area contributed by atoms with Crippen LogP contribution in [0.25, 0.3) is 11.0 Å². The summed E-state index contributed by atoms with van der Waals surface area (Å²) in [5.41, 5.74) is 1.94. The van der Waals surface area contributed by atoms with Crippen LogP contribution in [0.1, 0.15) is 18.7 Å². The molecule has 3 aromatic rings. The highest BCUT2D eigenvalue weighted by molar-refractivity contribution is 5.79. The molecule has 10 nitrogen and oxygen atoms in total. The molecule has 0 radical (unpaired) electrons. The fourth-order valence-corrected chi connectivity index (χ4v) is 3.67. The second kappa shape index (κ2) is 7.02. The van der Waals surface area contributed by atoms with E-state index in [2.05, 4.69) is 28.4 Å². The molecule has 2 aliphatic heterocycles. The van der Waals surface area contributed by atoms with Crippen LogP contribution in [-0.2, 0) is 16.5 Å². The summed E-state index contributed by atoms with van der Waals surface area (Å²) in [7, 11) is 1.82. The minimum atomic E-state index is 0.00752. The minimum Gasteiger partial charge on any atom is -0.467 e. The van der Waals surface area contributed by atoms with Crippen molar-refractivity contribution >= 4 is 22.7 Å². The van der Waals surface area contributed by atoms with Crippen molar-refractivity contribution in [3.05, 3.63) is 24.2 Å². The third kappa shape index (κ3) is 3.18. The molecule has 0 aliphatic carbocycles. The molecule has 2 saturated heterocycles. The zero-order chi connectivity index (χ0) is 20.0. The molecular formula is C19H21N7O3. The van der Waals surface area contributed by atoms with Gasteiger partial charge in [0.2, 0.25) is 5.95 Å². The number of aryl methyl sites for hydroxylation is 1. The van der Waals surface area contributed by atoms with Crippen molar-refractivity contribution in [2.45, 2.75) is 19.1 Å². The van der Waals surface area contributed by atoms with E-state index in [1.54, 1.807) is 10.9 Å². The molecule has 2 fully saturated rings. The van der Waals surface area contributed by atoms with E-state index in [1.165, 1.54) is 0 Å². The number of nitrogens with one attached hydrogen (secondary N) is 1. The summed E-state index contributed by atoms with van der Waals surface area (Å²) in [6.07, 6.45) is 3.54. The van der Waals surface area contributed by atoms with E-state index in [1.807, 2.05) is 23.9 Å². The zero-order valence-electron chi connectivity index (χ0n) is 16.2. The summed E-state index contributed by atoms with van der Waals surface area (Å²) in [4.78, 5) is 9.11. The quantitative estimate of drug-likeness (QED) is 0.696. The maximum Gasteiger partial charge on any atom is 0.257 e. The summed E-state index contributed by atoms with van der Waals surface area (Å²) in [5, 5.41) is 18.0. The first-order chi connectivity index (χ1) is 14.1.